The van der Waals surface area contributed by atoms with Crippen LogP contribution < -0.4 is 15.0 Å². The lowest BCUT2D eigenvalue weighted by Crippen LogP contribution is -3.08. The summed E-state index contributed by atoms with van der Waals surface area (Å²) in [4.78, 5) is 12.7. The fraction of sp³-hybridized carbons (Fsp3) is 0.235. The van der Waals surface area contributed by atoms with Gasteiger partial charge in [-0.25, -0.2) is 13.2 Å². The van der Waals surface area contributed by atoms with E-state index in [9.17, 15) is 18.0 Å². The van der Waals surface area contributed by atoms with Crippen molar-refractivity contribution in [1.82, 2.24) is 0 Å². The van der Waals surface area contributed by atoms with Gasteiger partial charge in [-0.05, 0) is 30.3 Å². The van der Waals surface area contributed by atoms with Crippen LogP contribution in [0.25, 0.3) is 0 Å². The second kappa shape index (κ2) is 7.83. The first-order valence-corrected chi connectivity index (χ1v) is 7.27. The van der Waals surface area contributed by atoms with E-state index in [1.54, 1.807) is 13.1 Å². The van der Waals surface area contributed by atoms with Crippen molar-refractivity contribution in [3.05, 3.63) is 59.4 Å². The van der Waals surface area contributed by atoms with Crippen LogP contribution >= 0.6 is 0 Å². The summed E-state index contributed by atoms with van der Waals surface area (Å²) >= 11 is 0. The van der Waals surface area contributed by atoms with Crippen LogP contribution in [0.3, 0.4) is 0 Å². The summed E-state index contributed by atoms with van der Waals surface area (Å²) in [5.41, 5.74) is 0.622. The van der Waals surface area contributed by atoms with E-state index in [1.165, 1.54) is 19.2 Å². The maximum absolute atomic E-state index is 13.6. The molecular formula is C17H18F3N2O2+. The second-order valence-corrected chi connectivity index (χ2v) is 5.45. The molecule has 0 aliphatic heterocycles. The molecule has 4 nitrogen and oxygen atoms in total. The Balaban J connectivity index is 1.92. The molecule has 0 heterocycles. The third-order valence-corrected chi connectivity index (χ3v) is 3.39. The van der Waals surface area contributed by atoms with Gasteiger partial charge in [0.05, 0.1) is 19.8 Å². The SMILES string of the molecule is COc1ccc(C[NH+](C)CC(=O)Nc2ccc(F)cc2F)cc1F. The third kappa shape index (κ3) is 4.73. The van der Waals surface area contributed by atoms with Crippen LogP contribution in [-0.2, 0) is 11.3 Å². The van der Waals surface area contributed by atoms with Crippen molar-refractivity contribution >= 4 is 11.6 Å². The zero-order valence-corrected chi connectivity index (χ0v) is 13.3. The fourth-order valence-corrected chi connectivity index (χ4v) is 2.29. The molecule has 2 aromatic carbocycles. The largest absolute Gasteiger partial charge is 0.494 e. The molecule has 24 heavy (non-hydrogen) atoms. The van der Waals surface area contributed by atoms with Crippen molar-refractivity contribution in [2.24, 2.45) is 0 Å². The summed E-state index contributed by atoms with van der Waals surface area (Å²) in [7, 11) is 3.14. The number of anilines is 1. The summed E-state index contributed by atoms with van der Waals surface area (Å²) in [5.74, 6) is -2.29. The highest BCUT2D eigenvalue weighted by Crippen LogP contribution is 2.17. The van der Waals surface area contributed by atoms with E-state index in [1.807, 2.05) is 0 Å². The van der Waals surface area contributed by atoms with Gasteiger partial charge in [0.2, 0.25) is 0 Å². The monoisotopic (exact) mass is 339 g/mol. The van der Waals surface area contributed by atoms with Crippen molar-refractivity contribution in [2.75, 3.05) is 26.0 Å². The Morgan fingerprint density at radius 1 is 1.12 bits per heavy atom. The number of carbonyl (C=O) groups excluding carboxylic acids is 1. The first-order chi connectivity index (χ1) is 11.4. The summed E-state index contributed by atoms with van der Waals surface area (Å²) in [6.45, 7) is 0.449. The lowest BCUT2D eigenvalue weighted by atomic mass is 10.2. The molecule has 128 valence electrons. The van der Waals surface area contributed by atoms with Gasteiger partial charge < -0.3 is 15.0 Å². The van der Waals surface area contributed by atoms with Gasteiger partial charge in [0, 0.05) is 11.6 Å². The number of nitrogens with one attached hydrogen (secondary N) is 2. The van der Waals surface area contributed by atoms with Crippen LogP contribution in [0.1, 0.15) is 5.56 Å². The molecular weight excluding hydrogens is 321 g/mol. The molecule has 2 N–H and O–H groups in total. The Hall–Kier alpha value is -2.54. The summed E-state index contributed by atoms with van der Waals surface area (Å²) in [6.07, 6.45) is 0. The predicted octanol–water partition coefficient (Wildman–Crippen LogP) is 1.77. The quantitative estimate of drug-likeness (QED) is 0.842. The summed E-state index contributed by atoms with van der Waals surface area (Å²) in [6, 6.07) is 7.51. The highest BCUT2D eigenvalue weighted by molar-refractivity contribution is 5.91. The molecule has 0 bridgehead atoms. The number of rotatable bonds is 6. The van der Waals surface area contributed by atoms with E-state index in [0.717, 1.165) is 17.0 Å². The van der Waals surface area contributed by atoms with Crippen molar-refractivity contribution in [1.29, 1.82) is 0 Å². The van der Waals surface area contributed by atoms with E-state index in [-0.39, 0.29) is 18.0 Å². The van der Waals surface area contributed by atoms with E-state index in [2.05, 4.69) is 5.32 Å². The molecule has 1 atom stereocenters. The molecule has 2 rings (SSSR count). The minimum Gasteiger partial charge on any atom is -0.494 e. The smallest absolute Gasteiger partial charge is 0.279 e. The molecule has 0 saturated carbocycles. The Labute approximate surface area is 137 Å². The van der Waals surface area contributed by atoms with Crippen LogP contribution in [0.5, 0.6) is 5.75 Å². The van der Waals surface area contributed by atoms with Gasteiger partial charge in [-0.1, -0.05) is 0 Å². The van der Waals surface area contributed by atoms with E-state index in [0.29, 0.717) is 18.2 Å². The predicted molar refractivity (Wildman–Crippen MR) is 83.4 cm³/mol. The Bertz CT molecular complexity index is 738. The number of amides is 1. The molecule has 0 aliphatic carbocycles. The van der Waals surface area contributed by atoms with Crippen LogP contribution in [-0.4, -0.2) is 26.6 Å². The van der Waals surface area contributed by atoms with Gasteiger partial charge in [-0.3, -0.25) is 4.79 Å². The van der Waals surface area contributed by atoms with Crippen molar-refractivity contribution in [3.8, 4) is 5.75 Å². The number of ether oxygens (including phenoxy) is 1. The van der Waals surface area contributed by atoms with Crippen LogP contribution in [0.4, 0.5) is 18.9 Å². The van der Waals surface area contributed by atoms with E-state index < -0.39 is 23.4 Å². The van der Waals surface area contributed by atoms with E-state index in [4.69, 9.17) is 4.74 Å². The van der Waals surface area contributed by atoms with E-state index >= 15 is 0 Å². The van der Waals surface area contributed by atoms with Crippen molar-refractivity contribution < 1.29 is 27.6 Å². The normalized spacial score (nSPS) is 11.9. The average Bonchev–Trinajstić information content (AvgIpc) is 2.50. The molecule has 1 amide bonds. The summed E-state index contributed by atoms with van der Waals surface area (Å²) < 4.78 is 44.8. The van der Waals surface area contributed by atoms with Gasteiger partial charge in [0.1, 0.15) is 18.2 Å². The van der Waals surface area contributed by atoms with Gasteiger partial charge in [-0.2, -0.15) is 0 Å². The number of methoxy groups -OCH3 is 1. The first kappa shape index (κ1) is 17.8. The standard InChI is InChI=1S/C17H17F3N2O2/c1-22(9-11-3-6-16(24-2)14(20)7-11)10-17(23)21-15-5-4-12(18)8-13(15)19/h3-8H,9-10H2,1-2H3,(H,21,23)/p+1. The average molecular weight is 339 g/mol. The number of quaternary nitrogens is 1. The zero-order chi connectivity index (χ0) is 17.7. The number of likely N-dealkylation sites (N-methyl/N-ethyl adjacent to an activating group) is 1. The minimum absolute atomic E-state index is 0.0461. The molecule has 0 aromatic heterocycles. The molecule has 7 heteroatoms. The number of carbonyl (C=O) groups is 1. The first-order valence-electron chi connectivity index (χ1n) is 7.27. The van der Waals surface area contributed by atoms with Crippen molar-refractivity contribution in [2.45, 2.75) is 6.54 Å². The Morgan fingerprint density at radius 2 is 1.88 bits per heavy atom. The number of hydrogen-bond acceptors (Lipinski definition) is 2. The molecule has 0 aliphatic rings. The van der Waals surface area contributed by atoms with Gasteiger partial charge in [0.15, 0.2) is 18.1 Å². The fourth-order valence-electron chi connectivity index (χ4n) is 2.29. The lowest BCUT2D eigenvalue weighted by molar-refractivity contribution is -0.885. The molecule has 0 saturated heterocycles. The second-order valence-electron chi connectivity index (χ2n) is 5.45. The van der Waals surface area contributed by atoms with Gasteiger partial charge in [0.25, 0.3) is 5.91 Å². The lowest BCUT2D eigenvalue weighted by Gasteiger charge is -2.14. The van der Waals surface area contributed by atoms with Crippen LogP contribution in [0.15, 0.2) is 36.4 Å². The minimum atomic E-state index is -0.835. The van der Waals surface area contributed by atoms with Crippen LogP contribution in [0.2, 0.25) is 0 Å². The highest BCUT2D eigenvalue weighted by Gasteiger charge is 2.14. The molecule has 0 fully saturated rings. The zero-order valence-electron chi connectivity index (χ0n) is 13.3. The van der Waals surface area contributed by atoms with Gasteiger partial charge >= 0.3 is 0 Å². The summed E-state index contributed by atoms with van der Waals surface area (Å²) in [5, 5.41) is 2.39. The number of halogens is 3. The van der Waals surface area contributed by atoms with Crippen LogP contribution in [0, 0.1) is 17.5 Å². The number of benzene rings is 2. The highest BCUT2D eigenvalue weighted by atomic mass is 19.1. The molecule has 1 unspecified atom stereocenters. The molecule has 0 spiro atoms. The maximum atomic E-state index is 13.6. The van der Waals surface area contributed by atoms with Gasteiger partial charge in [-0.15, -0.1) is 0 Å². The van der Waals surface area contributed by atoms with Crippen molar-refractivity contribution in [3.63, 3.8) is 0 Å². The Morgan fingerprint density at radius 3 is 2.50 bits per heavy atom. The topological polar surface area (TPSA) is 42.8 Å². The maximum Gasteiger partial charge on any atom is 0.279 e. The number of hydrogen-bond donors (Lipinski definition) is 2. The third-order valence-electron chi connectivity index (χ3n) is 3.39. The molecule has 2 aromatic rings. The Kier molecular flexibility index (Phi) is 5.81. The molecule has 0 radical (unpaired) electrons.